The lowest BCUT2D eigenvalue weighted by atomic mass is 9.95. The van der Waals surface area contributed by atoms with E-state index in [4.69, 9.17) is 13.4 Å². The molecule has 0 aliphatic carbocycles. The highest BCUT2D eigenvalue weighted by Crippen LogP contribution is 2.31. The minimum atomic E-state index is -0.158. The van der Waals surface area contributed by atoms with Gasteiger partial charge in [0.05, 0.1) is 12.8 Å². The highest BCUT2D eigenvalue weighted by Gasteiger charge is 2.33. The Labute approximate surface area is 207 Å². The summed E-state index contributed by atoms with van der Waals surface area (Å²) in [4.78, 5) is 35.5. The van der Waals surface area contributed by atoms with Crippen LogP contribution in [0.15, 0.2) is 37.8 Å². The van der Waals surface area contributed by atoms with Gasteiger partial charge in [0.2, 0.25) is 23.4 Å². The number of nitrogens with one attached hydrogen (secondary N) is 1. The van der Waals surface area contributed by atoms with Crippen molar-refractivity contribution in [1.82, 2.24) is 19.9 Å². The van der Waals surface area contributed by atoms with E-state index >= 15 is 0 Å². The number of nitriles is 1. The maximum absolute atomic E-state index is 13.1. The van der Waals surface area contributed by atoms with E-state index < -0.39 is 0 Å². The van der Waals surface area contributed by atoms with E-state index in [-0.39, 0.29) is 35.9 Å². The Hall–Kier alpha value is -4.11. The van der Waals surface area contributed by atoms with Gasteiger partial charge in [-0.3, -0.25) is 14.5 Å². The van der Waals surface area contributed by atoms with Gasteiger partial charge >= 0.3 is 0 Å². The normalized spacial score (nSPS) is 17.2. The summed E-state index contributed by atoms with van der Waals surface area (Å²) in [7, 11) is 0. The number of carbonyl (C=O) groups excluding carboxylic acids is 2. The quantitative estimate of drug-likeness (QED) is 0.542. The first kappa shape index (κ1) is 23.6. The molecule has 2 amide bonds. The summed E-state index contributed by atoms with van der Waals surface area (Å²) in [6, 6.07) is 7.22. The number of oxazole rings is 1. The number of rotatable bonds is 6. The number of furan rings is 1. The first-order valence-electron chi connectivity index (χ1n) is 11.9. The minimum absolute atomic E-state index is 0.0792. The van der Waals surface area contributed by atoms with Crippen LogP contribution in [0.4, 0.5) is 11.7 Å². The molecule has 0 radical (unpaired) electrons. The zero-order chi connectivity index (χ0) is 25.1. The third kappa shape index (κ3) is 5.11. The lowest BCUT2D eigenvalue weighted by molar-refractivity contribution is -0.138. The Morgan fingerprint density at radius 3 is 2.61 bits per heavy atom. The smallest absolute Gasteiger partial charge is 0.266 e. The minimum Gasteiger partial charge on any atom is -0.459 e. The summed E-state index contributed by atoms with van der Waals surface area (Å²) < 4.78 is 16.1. The summed E-state index contributed by atoms with van der Waals surface area (Å²) in [5.41, 5.74) is 0.213. The standard InChI is InChI=1S/C24H27N7O5/c1-16-13-20(28-36-16)27-21(32)15-29-8-10-30(11-9-29)23(33)17-4-6-31(7-5-17)24-18(14-25)26-22(35-24)19-3-2-12-34-19/h2-3,12-13,17H,4-11,15H2,1H3,(H,27,28,32). The van der Waals surface area contributed by atoms with Crippen LogP contribution >= 0.6 is 0 Å². The predicted molar refractivity (Wildman–Crippen MR) is 127 cm³/mol. The Balaban J connectivity index is 1.09. The van der Waals surface area contributed by atoms with E-state index in [1.165, 1.54) is 6.26 Å². The van der Waals surface area contributed by atoms with E-state index in [0.717, 1.165) is 0 Å². The summed E-state index contributed by atoms with van der Waals surface area (Å²) in [5.74, 6) is 2.10. The lowest BCUT2D eigenvalue weighted by Crippen LogP contribution is -2.52. The van der Waals surface area contributed by atoms with Crippen molar-refractivity contribution in [3.05, 3.63) is 35.9 Å². The predicted octanol–water partition coefficient (Wildman–Crippen LogP) is 2.10. The van der Waals surface area contributed by atoms with Crippen LogP contribution in [0.2, 0.25) is 0 Å². The van der Waals surface area contributed by atoms with Gasteiger partial charge in [-0.1, -0.05) is 5.16 Å². The molecule has 1 N–H and O–H groups in total. The van der Waals surface area contributed by atoms with E-state index in [0.29, 0.717) is 75.3 Å². The van der Waals surface area contributed by atoms with E-state index in [2.05, 4.69) is 21.5 Å². The fourth-order valence-corrected chi connectivity index (χ4v) is 4.63. The first-order chi connectivity index (χ1) is 17.5. The molecule has 3 aromatic rings. The zero-order valence-corrected chi connectivity index (χ0v) is 20.0. The van der Waals surface area contributed by atoms with Crippen LogP contribution < -0.4 is 10.2 Å². The fraction of sp³-hybridized carbons (Fsp3) is 0.458. The van der Waals surface area contributed by atoms with Crippen LogP contribution in [0.25, 0.3) is 11.7 Å². The zero-order valence-electron chi connectivity index (χ0n) is 20.0. The summed E-state index contributed by atoms with van der Waals surface area (Å²) >= 11 is 0. The number of hydrogen-bond donors (Lipinski definition) is 1. The molecule has 0 spiro atoms. The molecule has 188 valence electrons. The van der Waals surface area contributed by atoms with Gasteiger partial charge in [-0.05, 0) is 31.9 Å². The second kappa shape index (κ2) is 10.2. The number of nitrogens with zero attached hydrogens (tertiary/aromatic N) is 6. The van der Waals surface area contributed by atoms with Crippen LogP contribution in [0.5, 0.6) is 0 Å². The van der Waals surface area contributed by atoms with Gasteiger partial charge in [0.15, 0.2) is 11.6 Å². The number of aromatic nitrogens is 2. The van der Waals surface area contributed by atoms with Crippen molar-refractivity contribution in [1.29, 1.82) is 5.26 Å². The van der Waals surface area contributed by atoms with Crippen LogP contribution in [-0.2, 0) is 9.59 Å². The number of piperidine rings is 1. The van der Waals surface area contributed by atoms with Crippen LogP contribution in [0, 0.1) is 24.2 Å². The molecule has 3 aromatic heterocycles. The molecule has 0 saturated carbocycles. The Morgan fingerprint density at radius 2 is 1.97 bits per heavy atom. The Bertz CT molecular complexity index is 1240. The average molecular weight is 494 g/mol. The maximum atomic E-state index is 13.1. The lowest BCUT2D eigenvalue weighted by Gasteiger charge is -2.38. The van der Waals surface area contributed by atoms with Crippen molar-refractivity contribution >= 4 is 23.5 Å². The van der Waals surface area contributed by atoms with Gasteiger partial charge in [0.1, 0.15) is 11.8 Å². The molecule has 2 aliphatic heterocycles. The second-order valence-corrected chi connectivity index (χ2v) is 9.00. The van der Waals surface area contributed by atoms with Crippen LogP contribution in [-0.4, -0.2) is 77.6 Å². The molecule has 2 saturated heterocycles. The third-order valence-corrected chi connectivity index (χ3v) is 6.53. The van der Waals surface area contributed by atoms with Crippen LogP contribution in [0.1, 0.15) is 24.3 Å². The van der Waals surface area contributed by atoms with Crippen LogP contribution in [0.3, 0.4) is 0 Å². The topological polar surface area (TPSA) is 145 Å². The van der Waals surface area contributed by atoms with Gasteiger partial charge in [0, 0.05) is 51.3 Å². The van der Waals surface area contributed by atoms with Crippen molar-refractivity contribution in [2.45, 2.75) is 19.8 Å². The summed E-state index contributed by atoms with van der Waals surface area (Å²) in [5, 5.41) is 16.0. The Kier molecular flexibility index (Phi) is 6.73. The van der Waals surface area contributed by atoms with E-state index in [1.54, 1.807) is 25.1 Å². The third-order valence-electron chi connectivity index (χ3n) is 6.53. The van der Waals surface area contributed by atoms with Gasteiger partial charge in [-0.25, -0.2) is 0 Å². The highest BCUT2D eigenvalue weighted by atomic mass is 16.5. The largest absolute Gasteiger partial charge is 0.459 e. The van der Waals surface area contributed by atoms with E-state index in [9.17, 15) is 14.9 Å². The van der Waals surface area contributed by atoms with E-state index in [1.807, 2.05) is 14.7 Å². The molecule has 36 heavy (non-hydrogen) atoms. The molecule has 5 heterocycles. The second-order valence-electron chi connectivity index (χ2n) is 9.00. The molecule has 0 unspecified atom stereocenters. The number of piperazine rings is 1. The Morgan fingerprint density at radius 1 is 1.19 bits per heavy atom. The number of amides is 2. The molecule has 12 heteroatoms. The molecule has 5 rings (SSSR count). The first-order valence-corrected chi connectivity index (χ1v) is 11.9. The van der Waals surface area contributed by atoms with Gasteiger partial charge in [0.25, 0.3) is 5.89 Å². The molecular formula is C24H27N7O5. The SMILES string of the molecule is Cc1cc(NC(=O)CN2CCN(C(=O)C3CCN(c4oc(-c5ccco5)nc4C#N)CC3)CC2)no1. The number of hydrogen-bond acceptors (Lipinski definition) is 10. The van der Waals surface area contributed by atoms with Crippen molar-refractivity contribution in [3.63, 3.8) is 0 Å². The molecule has 2 aliphatic rings. The molecule has 2 fully saturated rings. The molecular weight excluding hydrogens is 466 g/mol. The van der Waals surface area contributed by atoms with Crippen molar-refractivity contribution in [3.8, 4) is 17.7 Å². The summed E-state index contributed by atoms with van der Waals surface area (Å²) in [6.07, 6.45) is 2.86. The number of anilines is 2. The summed E-state index contributed by atoms with van der Waals surface area (Å²) in [6.45, 7) is 5.64. The number of carbonyl (C=O) groups is 2. The average Bonchev–Trinajstić information content (AvgIpc) is 3.65. The van der Waals surface area contributed by atoms with Gasteiger partial charge in [-0.15, -0.1) is 0 Å². The van der Waals surface area contributed by atoms with Gasteiger partial charge < -0.3 is 28.5 Å². The highest BCUT2D eigenvalue weighted by molar-refractivity contribution is 5.91. The maximum Gasteiger partial charge on any atom is 0.266 e. The monoisotopic (exact) mass is 493 g/mol. The van der Waals surface area contributed by atoms with Crippen molar-refractivity contribution < 1.29 is 22.9 Å². The fourth-order valence-electron chi connectivity index (χ4n) is 4.63. The van der Waals surface area contributed by atoms with Gasteiger partial charge in [-0.2, -0.15) is 10.2 Å². The molecule has 0 atom stereocenters. The van der Waals surface area contributed by atoms with Crippen molar-refractivity contribution in [2.75, 3.05) is 56.0 Å². The van der Waals surface area contributed by atoms with Crippen molar-refractivity contribution in [2.24, 2.45) is 5.92 Å². The number of aryl methyl sites for hydroxylation is 1. The molecule has 0 bridgehead atoms. The molecule has 0 aromatic carbocycles. The molecule has 12 nitrogen and oxygen atoms in total.